The molecule has 33 heavy (non-hydrogen) atoms. The number of sulfonamides is 1. The first-order valence-corrected chi connectivity index (χ1v) is 11.7. The lowest BCUT2D eigenvalue weighted by Crippen LogP contribution is -2.48. The molecule has 1 heterocycles. The van der Waals surface area contributed by atoms with Crippen LogP contribution in [0.15, 0.2) is 77.7 Å². The van der Waals surface area contributed by atoms with Gasteiger partial charge in [0, 0.05) is 0 Å². The molecule has 0 spiro atoms. The first-order valence-electron chi connectivity index (χ1n) is 9.83. The molecule has 1 aliphatic rings. The first kappa shape index (κ1) is 22.6. The zero-order valence-corrected chi connectivity index (χ0v) is 19.0. The maximum absolute atomic E-state index is 13.3. The van der Waals surface area contributed by atoms with Crippen LogP contribution in [0.3, 0.4) is 0 Å². The van der Waals surface area contributed by atoms with Crippen molar-refractivity contribution in [1.82, 2.24) is 0 Å². The van der Waals surface area contributed by atoms with Crippen LogP contribution in [-0.2, 0) is 19.6 Å². The number of carbonyl (C=O) groups excluding carboxylic acids is 2. The van der Waals surface area contributed by atoms with E-state index in [0.29, 0.717) is 5.69 Å². The number of amides is 1. The standard InChI is InChI=1S/C23H19ClN2O6S/c1-31-23(28)15-11-12-17(24)18(13-15)25-22(27)21-14-26(19-9-5-6-10-20(19)32-21)33(29,30)16-7-3-2-4-8-16/h2-13,21H,14H2,1H3,(H,25,27). The van der Waals surface area contributed by atoms with Gasteiger partial charge in [0.25, 0.3) is 15.9 Å². The molecule has 1 atom stereocenters. The van der Waals surface area contributed by atoms with Crippen LogP contribution in [0, 0.1) is 0 Å². The molecule has 0 radical (unpaired) electrons. The Bertz CT molecular complexity index is 1310. The Labute approximate surface area is 195 Å². The third kappa shape index (κ3) is 4.50. The number of benzene rings is 3. The molecule has 3 aromatic rings. The zero-order valence-electron chi connectivity index (χ0n) is 17.4. The lowest BCUT2D eigenvalue weighted by atomic mass is 10.2. The van der Waals surface area contributed by atoms with E-state index in [1.807, 2.05) is 0 Å². The van der Waals surface area contributed by atoms with Crippen molar-refractivity contribution < 1.29 is 27.5 Å². The molecule has 1 N–H and O–H groups in total. The van der Waals surface area contributed by atoms with Crippen LogP contribution < -0.4 is 14.4 Å². The Morgan fingerprint density at radius 3 is 2.48 bits per heavy atom. The molecule has 0 aromatic heterocycles. The van der Waals surface area contributed by atoms with Gasteiger partial charge in [0.15, 0.2) is 6.10 Å². The van der Waals surface area contributed by atoms with Crippen molar-refractivity contribution in [3.8, 4) is 5.75 Å². The van der Waals surface area contributed by atoms with E-state index < -0.39 is 28.0 Å². The van der Waals surface area contributed by atoms with Crippen molar-refractivity contribution in [3.63, 3.8) is 0 Å². The Hall–Kier alpha value is -3.56. The SMILES string of the molecule is COC(=O)c1ccc(Cl)c(NC(=O)C2CN(S(=O)(=O)c3ccccc3)c3ccccc3O2)c1. The Kier molecular flexibility index (Phi) is 6.26. The van der Waals surface area contributed by atoms with E-state index in [9.17, 15) is 18.0 Å². The van der Waals surface area contributed by atoms with Crippen molar-refractivity contribution in [2.24, 2.45) is 0 Å². The number of fused-ring (bicyclic) bond motifs is 1. The fourth-order valence-electron chi connectivity index (χ4n) is 3.37. The predicted octanol–water partition coefficient (Wildman–Crippen LogP) is 3.72. The van der Waals surface area contributed by atoms with Crippen molar-refractivity contribution in [1.29, 1.82) is 0 Å². The molecule has 1 unspecified atom stereocenters. The summed E-state index contributed by atoms with van der Waals surface area (Å²) in [5, 5.41) is 2.81. The number of hydrogen-bond acceptors (Lipinski definition) is 6. The number of ether oxygens (including phenoxy) is 2. The lowest BCUT2D eigenvalue weighted by Gasteiger charge is -2.34. The van der Waals surface area contributed by atoms with E-state index in [2.05, 4.69) is 5.32 Å². The van der Waals surface area contributed by atoms with Gasteiger partial charge in [-0.25, -0.2) is 13.2 Å². The van der Waals surface area contributed by atoms with Gasteiger partial charge in [0.1, 0.15) is 5.75 Å². The van der Waals surface area contributed by atoms with Crippen LogP contribution in [-0.4, -0.2) is 40.1 Å². The molecule has 4 rings (SSSR count). The average molecular weight is 487 g/mol. The number of para-hydroxylation sites is 2. The average Bonchev–Trinajstić information content (AvgIpc) is 2.84. The summed E-state index contributed by atoms with van der Waals surface area (Å²) in [4.78, 5) is 25.0. The molecule has 1 amide bonds. The number of methoxy groups -OCH3 is 1. The fraction of sp³-hybridized carbons (Fsp3) is 0.130. The molecule has 0 saturated carbocycles. The minimum atomic E-state index is -3.96. The van der Waals surface area contributed by atoms with Crippen LogP contribution in [0.2, 0.25) is 5.02 Å². The van der Waals surface area contributed by atoms with E-state index in [1.165, 1.54) is 37.4 Å². The lowest BCUT2D eigenvalue weighted by molar-refractivity contribution is -0.122. The van der Waals surface area contributed by atoms with Gasteiger partial charge in [-0.3, -0.25) is 9.10 Å². The van der Waals surface area contributed by atoms with Crippen molar-refractivity contribution in [2.45, 2.75) is 11.0 Å². The van der Waals surface area contributed by atoms with Gasteiger partial charge in [0.05, 0.1) is 40.5 Å². The monoisotopic (exact) mass is 486 g/mol. The number of halogens is 1. The third-order valence-corrected chi connectivity index (χ3v) is 7.13. The number of rotatable bonds is 5. The molecule has 0 bridgehead atoms. The van der Waals surface area contributed by atoms with Crippen LogP contribution in [0.25, 0.3) is 0 Å². The molecular formula is C23H19ClN2O6S. The Morgan fingerprint density at radius 2 is 1.76 bits per heavy atom. The highest BCUT2D eigenvalue weighted by Gasteiger charge is 2.37. The highest BCUT2D eigenvalue weighted by Crippen LogP contribution is 2.37. The normalized spacial score (nSPS) is 15.2. The summed E-state index contributed by atoms with van der Waals surface area (Å²) in [7, 11) is -2.72. The molecule has 8 nitrogen and oxygen atoms in total. The Balaban J connectivity index is 1.65. The Morgan fingerprint density at radius 1 is 1.06 bits per heavy atom. The van der Waals surface area contributed by atoms with Gasteiger partial charge in [-0.1, -0.05) is 41.9 Å². The highest BCUT2D eigenvalue weighted by molar-refractivity contribution is 7.92. The number of esters is 1. The largest absolute Gasteiger partial charge is 0.476 e. The molecule has 10 heteroatoms. The van der Waals surface area contributed by atoms with Gasteiger partial charge in [-0.15, -0.1) is 0 Å². The van der Waals surface area contributed by atoms with Crippen molar-refractivity contribution >= 4 is 44.9 Å². The number of anilines is 2. The van der Waals surface area contributed by atoms with E-state index >= 15 is 0 Å². The minimum absolute atomic E-state index is 0.0923. The third-order valence-electron chi connectivity index (χ3n) is 5.00. The van der Waals surface area contributed by atoms with Crippen LogP contribution >= 0.6 is 11.6 Å². The minimum Gasteiger partial charge on any atom is -0.476 e. The molecule has 0 fully saturated rings. The summed E-state index contributed by atoms with van der Waals surface area (Å²) in [6.07, 6.45) is -1.17. The summed E-state index contributed by atoms with van der Waals surface area (Å²) in [5.74, 6) is -0.968. The van der Waals surface area contributed by atoms with Crippen molar-refractivity contribution in [3.05, 3.63) is 83.4 Å². The van der Waals surface area contributed by atoms with Crippen molar-refractivity contribution in [2.75, 3.05) is 23.3 Å². The summed E-state index contributed by atoms with van der Waals surface area (Å²) in [6.45, 7) is -0.256. The highest BCUT2D eigenvalue weighted by atomic mass is 35.5. The first-order chi connectivity index (χ1) is 15.8. The molecular weight excluding hydrogens is 468 g/mol. The summed E-state index contributed by atoms with van der Waals surface area (Å²) >= 11 is 6.18. The maximum Gasteiger partial charge on any atom is 0.337 e. The topological polar surface area (TPSA) is 102 Å². The number of carbonyl (C=O) groups is 2. The molecule has 0 saturated heterocycles. The van der Waals surface area contributed by atoms with Gasteiger partial charge >= 0.3 is 5.97 Å². The van der Waals surface area contributed by atoms with Crippen LogP contribution in [0.4, 0.5) is 11.4 Å². The predicted molar refractivity (Wildman–Crippen MR) is 123 cm³/mol. The van der Waals surface area contributed by atoms with Gasteiger partial charge in [-0.2, -0.15) is 0 Å². The van der Waals surface area contributed by atoms with E-state index in [-0.39, 0.29) is 33.5 Å². The zero-order chi connectivity index (χ0) is 23.6. The van der Waals surface area contributed by atoms with Gasteiger partial charge in [0.2, 0.25) is 0 Å². The number of hydrogen-bond donors (Lipinski definition) is 1. The summed E-state index contributed by atoms with van der Waals surface area (Å²) in [5.41, 5.74) is 0.695. The smallest absolute Gasteiger partial charge is 0.337 e. The summed E-state index contributed by atoms with van der Waals surface area (Å²) < 4.78 is 38.4. The second-order valence-corrected chi connectivity index (χ2v) is 9.37. The molecule has 1 aliphatic heterocycles. The van der Waals surface area contributed by atoms with Crippen LogP contribution in [0.1, 0.15) is 10.4 Å². The van der Waals surface area contributed by atoms with Gasteiger partial charge in [-0.05, 0) is 42.5 Å². The maximum atomic E-state index is 13.3. The van der Waals surface area contributed by atoms with E-state index in [1.54, 1.807) is 42.5 Å². The number of nitrogens with zero attached hydrogens (tertiary/aromatic N) is 1. The number of nitrogens with one attached hydrogen (secondary N) is 1. The molecule has 170 valence electrons. The van der Waals surface area contributed by atoms with E-state index in [4.69, 9.17) is 21.1 Å². The summed E-state index contributed by atoms with van der Waals surface area (Å²) in [6, 6.07) is 18.8. The second kappa shape index (κ2) is 9.13. The van der Waals surface area contributed by atoms with Crippen LogP contribution in [0.5, 0.6) is 5.75 Å². The molecule has 3 aromatic carbocycles. The van der Waals surface area contributed by atoms with Gasteiger partial charge < -0.3 is 14.8 Å². The fourth-order valence-corrected chi connectivity index (χ4v) is 5.03. The quantitative estimate of drug-likeness (QED) is 0.551. The van der Waals surface area contributed by atoms with E-state index in [0.717, 1.165) is 4.31 Å². The second-order valence-electron chi connectivity index (χ2n) is 7.10. The molecule has 0 aliphatic carbocycles.